The van der Waals surface area contributed by atoms with E-state index in [-0.39, 0.29) is 11.9 Å². The molecule has 0 bridgehead atoms. The fourth-order valence-electron chi connectivity index (χ4n) is 5.45. The molecule has 2 aliphatic rings. The molecule has 1 atom stereocenters. The Balaban J connectivity index is 1.37. The van der Waals surface area contributed by atoms with Gasteiger partial charge in [-0.2, -0.15) is 0 Å². The largest absolute Gasteiger partial charge is 0.466 e. The molecular formula is C28H40N4O3. The van der Waals surface area contributed by atoms with E-state index in [1.54, 1.807) is 6.20 Å². The second-order valence-electron chi connectivity index (χ2n) is 10.7. The minimum absolute atomic E-state index is 0.00779. The number of likely N-dealkylation sites (tertiary alicyclic amines) is 1. The first-order valence-corrected chi connectivity index (χ1v) is 13.1. The van der Waals surface area contributed by atoms with Crippen LogP contribution in [0.25, 0.3) is 0 Å². The lowest BCUT2D eigenvalue weighted by molar-refractivity contribution is -0.135. The Bertz CT molecular complexity index is 995. The maximum atomic E-state index is 13.7. The van der Waals surface area contributed by atoms with Crippen molar-refractivity contribution in [2.75, 3.05) is 32.7 Å². The number of nitrogens with zero attached hydrogens (tertiary/aromatic N) is 4. The Labute approximate surface area is 209 Å². The topological polar surface area (TPSA) is 69.9 Å². The summed E-state index contributed by atoms with van der Waals surface area (Å²) in [7, 11) is 0. The first kappa shape index (κ1) is 25.4. The SMILES string of the molecule is Cc1ccc([C@@H](C)CCN2CCC3(CC2)C(=O)N(CCCc2cccnc2)C(=O)N3CC(C)C)o1. The van der Waals surface area contributed by atoms with Crippen molar-refractivity contribution in [3.8, 4) is 0 Å². The Morgan fingerprint density at radius 1 is 1.09 bits per heavy atom. The first-order chi connectivity index (χ1) is 16.8. The molecule has 2 saturated heterocycles. The van der Waals surface area contributed by atoms with E-state index in [1.807, 2.05) is 36.2 Å². The van der Waals surface area contributed by atoms with Crippen molar-refractivity contribution in [1.29, 1.82) is 0 Å². The number of rotatable bonds is 10. The van der Waals surface area contributed by atoms with E-state index in [0.29, 0.717) is 37.8 Å². The fraction of sp³-hybridized carbons (Fsp3) is 0.607. The van der Waals surface area contributed by atoms with Crippen LogP contribution >= 0.6 is 0 Å². The number of imide groups is 1. The summed E-state index contributed by atoms with van der Waals surface area (Å²) in [6.45, 7) is 12.1. The standard InChI is InChI=1S/C28H40N4O3/c1-21(2)20-32-27(34)31(15-6-8-24-7-5-14-29-19-24)26(33)28(32)12-17-30(18-13-28)16-11-22(3)25-10-9-23(4)35-25/h5,7,9-10,14,19,21-22H,6,8,11-13,15-18,20H2,1-4H3/t22-/m0/s1. The molecule has 2 aromatic rings. The van der Waals surface area contributed by atoms with Gasteiger partial charge in [-0.05, 0) is 75.3 Å². The molecular weight excluding hydrogens is 440 g/mol. The van der Waals surface area contributed by atoms with Crippen LogP contribution in [0.5, 0.6) is 0 Å². The normalized spacial score (nSPS) is 19.3. The molecule has 1 spiro atoms. The second-order valence-corrected chi connectivity index (χ2v) is 10.7. The molecule has 0 unspecified atom stereocenters. The van der Waals surface area contributed by atoms with Crippen molar-refractivity contribution in [1.82, 2.24) is 19.7 Å². The van der Waals surface area contributed by atoms with Crippen molar-refractivity contribution in [2.45, 2.75) is 71.3 Å². The zero-order chi connectivity index (χ0) is 25.0. The fourth-order valence-corrected chi connectivity index (χ4v) is 5.45. The zero-order valence-corrected chi connectivity index (χ0v) is 21.7. The molecule has 4 heterocycles. The van der Waals surface area contributed by atoms with Gasteiger partial charge in [-0.3, -0.25) is 14.7 Å². The second kappa shape index (κ2) is 10.9. The number of hydrogen-bond acceptors (Lipinski definition) is 5. The minimum Gasteiger partial charge on any atom is -0.466 e. The maximum Gasteiger partial charge on any atom is 0.327 e. The zero-order valence-electron chi connectivity index (χ0n) is 21.7. The van der Waals surface area contributed by atoms with Crippen molar-refractivity contribution in [2.24, 2.45) is 5.92 Å². The van der Waals surface area contributed by atoms with E-state index in [0.717, 1.165) is 56.0 Å². The summed E-state index contributed by atoms with van der Waals surface area (Å²) in [5.41, 5.74) is 0.447. The van der Waals surface area contributed by atoms with Gasteiger partial charge in [-0.25, -0.2) is 4.79 Å². The highest BCUT2D eigenvalue weighted by Crippen LogP contribution is 2.38. The highest BCUT2D eigenvalue weighted by molar-refractivity contribution is 6.07. The van der Waals surface area contributed by atoms with Crippen LogP contribution in [0.4, 0.5) is 4.79 Å². The molecule has 2 aromatic heterocycles. The van der Waals surface area contributed by atoms with Crippen LogP contribution in [0.2, 0.25) is 0 Å². The smallest absolute Gasteiger partial charge is 0.327 e. The predicted molar refractivity (Wildman–Crippen MR) is 136 cm³/mol. The predicted octanol–water partition coefficient (Wildman–Crippen LogP) is 4.86. The number of piperidine rings is 1. The van der Waals surface area contributed by atoms with Gasteiger partial charge in [0.15, 0.2) is 0 Å². The molecule has 0 aliphatic carbocycles. The van der Waals surface area contributed by atoms with Gasteiger partial charge in [0, 0.05) is 44.5 Å². The number of urea groups is 1. The van der Waals surface area contributed by atoms with Gasteiger partial charge in [-0.1, -0.05) is 26.8 Å². The molecule has 7 nitrogen and oxygen atoms in total. The van der Waals surface area contributed by atoms with Crippen LogP contribution in [0.3, 0.4) is 0 Å². The molecule has 2 fully saturated rings. The van der Waals surface area contributed by atoms with Gasteiger partial charge < -0.3 is 14.2 Å². The summed E-state index contributed by atoms with van der Waals surface area (Å²) in [6.07, 6.45) is 7.60. The van der Waals surface area contributed by atoms with Crippen LogP contribution < -0.4 is 0 Å². The van der Waals surface area contributed by atoms with E-state index >= 15 is 0 Å². The Morgan fingerprint density at radius 2 is 1.86 bits per heavy atom. The summed E-state index contributed by atoms with van der Waals surface area (Å²) in [5.74, 6) is 2.68. The van der Waals surface area contributed by atoms with Crippen LogP contribution in [0, 0.1) is 12.8 Å². The molecule has 3 amide bonds. The lowest BCUT2D eigenvalue weighted by Gasteiger charge is -2.43. The minimum atomic E-state index is -0.685. The number of hydrogen-bond donors (Lipinski definition) is 0. The van der Waals surface area contributed by atoms with E-state index < -0.39 is 5.54 Å². The van der Waals surface area contributed by atoms with Crippen LogP contribution in [-0.2, 0) is 11.2 Å². The molecule has 0 aromatic carbocycles. The molecule has 35 heavy (non-hydrogen) atoms. The van der Waals surface area contributed by atoms with E-state index in [9.17, 15) is 9.59 Å². The third kappa shape index (κ3) is 5.61. The number of aryl methyl sites for hydroxylation is 2. The number of aromatic nitrogens is 1. The Morgan fingerprint density at radius 3 is 2.49 bits per heavy atom. The van der Waals surface area contributed by atoms with Gasteiger partial charge in [0.25, 0.3) is 5.91 Å². The van der Waals surface area contributed by atoms with Gasteiger partial charge in [-0.15, -0.1) is 0 Å². The number of amides is 3. The summed E-state index contributed by atoms with van der Waals surface area (Å²) in [6, 6.07) is 7.94. The third-order valence-electron chi connectivity index (χ3n) is 7.55. The van der Waals surface area contributed by atoms with Crippen molar-refractivity contribution < 1.29 is 14.0 Å². The summed E-state index contributed by atoms with van der Waals surface area (Å²) < 4.78 is 5.79. The van der Waals surface area contributed by atoms with Crippen molar-refractivity contribution in [3.05, 3.63) is 53.7 Å². The Kier molecular flexibility index (Phi) is 7.95. The summed E-state index contributed by atoms with van der Waals surface area (Å²) in [5, 5.41) is 0. The van der Waals surface area contributed by atoms with Crippen LogP contribution in [0.15, 0.2) is 41.1 Å². The Hall–Kier alpha value is -2.67. The molecule has 0 radical (unpaired) electrons. The van der Waals surface area contributed by atoms with Gasteiger partial charge in [0.2, 0.25) is 0 Å². The lowest BCUT2D eigenvalue weighted by atomic mass is 9.85. The van der Waals surface area contributed by atoms with Crippen LogP contribution in [-0.4, -0.2) is 69.9 Å². The average Bonchev–Trinajstić information content (AvgIpc) is 3.36. The molecule has 190 valence electrons. The van der Waals surface area contributed by atoms with E-state index in [4.69, 9.17) is 4.42 Å². The molecule has 4 rings (SSSR count). The van der Waals surface area contributed by atoms with Crippen LogP contribution in [0.1, 0.15) is 69.5 Å². The molecule has 0 N–H and O–H groups in total. The van der Waals surface area contributed by atoms with E-state index in [2.05, 4.69) is 36.7 Å². The van der Waals surface area contributed by atoms with Crippen molar-refractivity contribution in [3.63, 3.8) is 0 Å². The van der Waals surface area contributed by atoms with E-state index in [1.165, 1.54) is 4.90 Å². The summed E-state index contributed by atoms with van der Waals surface area (Å²) in [4.78, 5) is 37.1. The van der Waals surface area contributed by atoms with Gasteiger partial charge >= 0.3 is 6.03 Å². The molecule has 0 saturated carbocycles. The lowest BCUT2D eigenvalue weighted by Crippen LogP contribution is -2.57. The number of carbonyl (C=O) groups excluding carboxylic acids is 2. The third-order valence-corrected chi connectivity index (χ3v) is 7.55. The molecule has 2 aliphatic heterocycles. The highest BCUT2D eigenvalue weighted by atomic mass is 16.3. The van der Waals surface area contributed by atoms with Gasteiger partial charge in [0.05, 0.1) is 0 Å². The number of carbonyl (C=O) groups is 2. The monoisotopic (exact) mass is 480 g/mol. The highest BCUT2D eigenvalue weighted by Gasteiger charge is 2.57. The quantitative estimate of drug-likeness (QED) is 0.454. The summed E-state index contributed by atoms with van der Waals surface area (Å²) >= 11 is 0. The maximum absolute atomic E-state index is 13.7. The van der Waals surface area contributed by atoms with Crippen molar-refractivity contribution >= 4 is 11.9 Å². The number of pyridine rings is 1. The first-order valence-electron chi connectivity index (χ1n) is 13.1. The van der Waals surface area contributed by atoms with Gasteiger partial charge in [0.1, 0.15) is 17.1 Å². The molecule has 7 heteroatoms. The number of furan rings is 1. The average molecular weight is 481 g/mol.